The molecule has 0 fully saturated rings. The molecule has 1 amide bonds. The highest BCUT2D eigenvalue weighted by atomic mass is 127. The monoisotopic (exact) mass is 585 g/mol. The molecule has 8 nitrogen and oxygen atoms in total. The number of rotatable bonds is 7. The standard InChI is InChI=1S/C24H20IN5O3S/c1-3-6-20-29-30-22(27)17(23(31)28-24(30)34-20)9-14-10-18(25)21(19(11-14)32-2)33-13-16-8-5-4-7-15(16)12-26/h4-5,7-11,27H,3,6,13H2,1-2H3/b17-9-,27-22?. The number of hydrazone groups is 1. The van der Waals surface area contributed by atoms with Gasteiger partial charge in [0.05, 0.1) is 27.9 Å². The smallest absolute Gasteiger partial charge is 0.283 e. The van der Waals surface area contributed by atoms with E-state index in [9.17, 15) is 10.1 Å². The second kappa shape index (κ2) is 10.4. The van der Waals surface area contributed by atoms with Gasteiger partial charge in [0.1, 0.15) is 11.7 Å². The van der Waals surface area contributed by atoms with Gasteiger partial charge >= 0.3 is 0 Å². The first kappa shape index (κ1) is 24.0. The lowest BCUT2D eigenvalue weighted by molar-refractivity contribution is -0.114. The molecule has 0 unspecified atom stereocenters. The van der Waals surface area contributed by atoms with Crippen molar-refractivity contribution in [2.75, 3.05) is 7.11 Å². The van der Waals surface area contributed by atoms with Crippen molar-refractivity contribution in [1.82, 2.24) is 5.01 Å². The van der Waals surface area contributed by atoms with Gasteiger partial charge in [0.2, 0.25) is 5.17 Å². The van der Waals surface area contributed by atoms with Crippen molar-refractivity contribution >= 4 is 62.4 Å². The number of halogens is 1. The highest BCUT2D eigenvalue weighted by Crippen LogP contribution is 2.36. The van der Waals surface area contributed by atoms with Gasteiger partial charge in [0.15, 0.2) is 17.3 Å². The van der Waals surface area contributed by atoms with Crippen LogP contribution in [0.25, 0.3) is 6.08 Å². The van der Waals surface area contributed by atoms with Crippen molar-refractivity contribution < 1.29 is 14.3 Å². The number of benzene rings is 2. The first-order chi connectivity index (χ1) is 16.4. The number of hydrogen-bond donors (Lipinski definition) is 1. The molecule has 0 atom stereocenters. The highest BCUT2D eigenvalue weighted by molar-refractivity contribution is 14.1. The molecule has 0 saturated carbocycles. The van der Waals surface area contributed by atoms with E-state index >= 15 is 0 Å². The van der Waals surface area contributed by atoms with E-state index in [1.54, 1.807) is 18.2 Å². The average molecular weight is 585 g/mol. The van der Waals surface area contributed by atoms with Crippen molar-refractivity contribution in [3.63, 3.8) is 0 Å². The molecule has 0 aromatic heterocycles. The first-order valence-electron chi connectivity index (χ1n) is 10.4. The Morgan fingerprint density at radius 1 is 1.32 bits per heavy atom. The van der Waals surface area contributed by atoms with Gasteiger partial charge in [-0.3, -0.25) is 10.2 Å². The number of amidine groups is 2. The summed E-state index contributed by atoms with van der Waals surface area (Å²) in [4.78, 5) is 16.8. The molecular formula is C24H20IN5O3S. The number of aliphatic imine (C=N–C) groups is 1. The van der Waals surface area contributed by atoms with Gasteiger partial charge in [-0.25, -0.2) is 0 Å². The van der Waals surface area contributed by atoms with E-state index in [0.717, 1.165) is 27.0 Å². The second-order valence-electron chi connectivity index (χ2n) is 7.36. The minimum Gasteiger partial charge on any atom is -0.493 e. The number of nitrogens with zero attached hydrogens (tertiary/aromatic N) is 4. The van der Waals surface area contributed by atoms with Crippen LogP contribution < -0.4 is 9.47 Å². The molecule has 10 heteroatoms. The number of carbonyl (C=O) groups is 1. The molecule has 0 spiro atoms. The lowest BCUT2D eigenvalue weighted by Gasteiger charge is -2.20. The van der Waals surface area contributed by atoms with Crippen LogP contribution in [0.2, 0.25) is 0 Å². The molecule has 0 aliphatic carbocycles. The number of carbonyl (C=O) groups excluding carboxylic acids is 1. The fourth-order valence-electron chi connectivity index (χ4n) is 3.38. The van der Waals surface area contributed by atoms with Gasteiger partial charge in [0, 0.05) is 5.56 Å². The zero-order valence-electron chi connectivity index (χ0n) is 18.5. The van der Waals surface area contributed by atoms with Crippen LogP contribution in [0, 0.1) is 20.3 Å². The van der Waals surface area contributed by atoms with Crippen LogP contribution in [0.1, 0.15) is 36.5 Å². The maximum absolute atomic E-state index is 12.7. The Morgan fingerprint density at radius 3 is 2.85 bits per heavy atom. The Kier molecular flexibility index (Phi) is 7.33. The minimum absolute atomic E-state index is 0.00369. The number of hydrogen-bond acceptors (Lipinski definition) is 7. The zero-order chi connectivity index (χ0) is 24.2. The molecule has 1 N–H and O–H groups in total. The number of amides is 1. The minimum atomic E-state index is -0.473. The number of fused-ring (bicyclic) bond motifs is 1. The molecule has 0 saturated heterocycles. The van der Waals surface area contributed by atoms with Crippen LogP contribution >= 0.6 is 34.4 Å². The van der Waals surface area contributed by atoms with E-state index in [0.29, 0.717) is 27.8 Å². The van der Waals surface area contributed by atoms with Crippen molar-refractivity contribution in [3.05, 3.63) is 62.2 Å². The fourth-order valence-corrected chi connectivity index (χ4v) is 5.15. The van der Waals surface area contributed by atoms with E-state index in [-0.39, 0.29) is 18.0 Å². The van der Waals surface area contributed by atoms with Crippen LogP contribution in [-0.2, 0) is 11.4 Å². The molecule has 2 aromatic rings. The number of nitrogens with one attached hydrogen (secondary N) is 1. The second-order valence-corrected chi connectivity index (χ2v) is 9.56. The number of thioether (sulfide) groups is 1. The topological polar surface area (TPSA) is 111 Å². The van der Waals surface area contributed by atoms with Gasteiger partial charge in [-0.15, -0.1) is 0 Å². The maximum Gasteiger partial charge on any atom is 0.283 e. The number of methoxy groups -OCH3 is 1. The Bertz CT molecular complexity index is 1310. The van der Waals surface area contributed by atoms with Crippen molar-refractivity contribution in [1.29, 1.82) is 10.7 Å². The zero-order valence-corrected chi connectivity index (χ0v) is 21.4. The normalized spacial score (nSPS) is 16.2. The van der Waals surface area contributed by atoms with E-state index < -0.39 is 5.91 Å². The van der Waals surface area contributed by atoms with Crippen LogP contribution in [0.3, 0.4) is 0 Å². The summed E-state index contributed by atoms with van der Waals surface area (Å²) >= 11 is 3.47. The van der Waals surface area contributed by atoms with Gasteiger partial charge in [-0.2, -0.15) is 20.4 Å². The summed E-state index contributed by atoms with van der Waals surface area (Å²) < 4.78 is 12.3. The van der Waals surface area contributed by atoms with E-state index in [2.05, 4.69) is 45.7 Å². The lowest BCUT2D eigenvalue weighted by atomic mass is 10.1. The van der Waals surface area contributed by atoms with E-state index in [1.165, 1.54) is 23.9 Å². The van der Waals surface area contributed by atoms with E-state index in [1.807, 2.05) is 24.3 Å². The predicted octanol–water partition coefficient (Wildman–Crippen LogP) is 5.17. The first-order valence-corrected chi connectivity index (χ1v) is 12.3. The molecule has 2 aliphatic heterocycles. The number of nitriles is 1. The largest absolute Gasteiger partial charge is 0.493 e. The van der Waals surface area contributed by atoms with Crippen molar-refractivity contribution in [3.8, 4) is 17.6 Å². The van der Waals surface area contributed by atoms with Crippen LogP contribution in [0.4, 0.5) is 0 Å². The quantitative estimate of drug-likeness (QED) is 0.355. The van der Waals surface area contributed by atoms with Crippen LogP contribution in [-0.4, -0.2) is 34.1 Å². The maximum atomic E-state index is 12.7. The van der Waals surface area contributed by atoms with Crippen molar-refractivity contribution in [2.45, 2.75) is 26.4 Å². The summed E-state index contributed by atoms with van der Waals surface area (Å²) in [6.07, 6.45) is 3.31. The third-order valence-electron chi connectivity index (χ3n) is 5.03. The Morgan fingerprint density at radius 2 is 2.12 bits per heavy atom. The summed E-state index contributed by atoms with van der Waals surface area (Å²) in [6.45, 7) is 2.26. The predicted molar refractivity (Wildman–Crippen MR) is 141 cm³/mol. The molecule has 0 radical (unpaired) electrons. The Labute approximate surface area is 215 Å². The van der Waals surface area contributed by atoms with Crippen molar-refractivity contribution in [2.24, 2.45) is 10.1 Å². The third-order valence-corrected chi connectivity index (χ3v) is 6.80. The van der Waals surface area contributed by atoms with Crippen LogP contribution in [0.15, 0.2) is 52.1 Å². The summed E-state index contributed by atoms with van der Waals surface area (Å²) in [5.74, 6) is 0.537. The van der Waals surface area contributed by atoms with Gasteiger partial charge in [0.25, 0.3) is 5.91 Å². The van der Waals surface area contributed by atoms with Gasteiger partial charge < -0.3 is 9.47 Å². The molecule has 2 aliphatic rings. The average Bonchev–Trinajstić information content (AvgIpc) is 3.23. The molecular weight excluding hydrogens is 565 g/mol. The van der Waals surface area contributed by atoms with Gasteiger partial charge in [-0.1, -0.05) is 25.1 Å². The third kappa shape index (κ3) is 4.85. The SMILES string of the molecule is CCCC1=NN2C(=N)/C(=C/c3cc(I)c(OCc4ccccc4C#N)c(OC)c3)C(=O)N=C2S1. The highest BCUT2D eigenvalue weighted by Gasteiger charge is 2.35. The molecule has 0 bridgehead atoms. The molecule has 172 valence electrons. The van der Waals surface area contributed by atoms with E-state index in [4.69, 9.17) is 14.9 Å². The van der Waals surface area contributed by atoms with Gasteiger partial charge in [-0.05, 0) is 77.0 Å². The molecule has 2 aromatic carbocycles. The molecule has 2 heterocycles. The summed E-state index contributed by atoms with van der Waals surface area (Å²) in [6, 6.07) is 13.0. The molecule has 34 heavy (non-hydrogen) atoms. The summed E-state index contributed by atoms with van der Waals surface area (Å²) in [5, 5.41) is 24.9. The van der Waals surface area contributed by atoms with Crippen LogP contribution in [0.5, 0.6) is 11.5 Å². The number of ether oxygens (including phenoxy) is 2. The lowest BCUT2D eigenvalue weighted by Crippen LogP contribution is -2.35. The Balaban J connectivity index is 1.61. The summed E-state index contributed by atoms with van der Waals surface area (Å²) in [7, 11) is 1.54. The molecule has 4 rings (SSSR count). The summed E-state index contributed by atoms with van der Waals surface area (Å²) in [5.41, 5.74) is 2.15. The fraction of sp³-hybridized carbons (Fsp3) is 0.208. The Hall–Kier alpha value is -3.17.